The topological polar surface area (TPSA) is 95.9 Å². The molecule has 2 amide bonds. The van der Waals surface area contributed by atoms with Gasteiger partial charge in [-0.25, -0.2) is 9.59 Å². The third-order valence-corrected chi connectivity index (χ3v) is 6.58. The number of carboxylic acid groups (broad SMARTS) is 1. The van der Waals surface area contributed by atoms with E-state index in [2.05, 4.69) is 29.6 Å². The Morgan fingerprint density at radius 1 is 1.09 bits per heavy atom. The zero-order valence-electron chi connectivity index (χ0n) is 18.2. The summed E-state index contributed by atoms with van der Waals surface area (Å²) < 4.78 is 5.49. The lowest BCUT2D eigenvalue weighted by Crippen LogP contribution is -2.50. The molecule has 7 nitrogen and oxygen atoms in total. The molecular weight excluding hydrogens is 408 g/mol. The van der Waals surface area contributed by atoms with Gasteiger partial charge in [0.1, 0.15) is 12.1 Å². The number of aliphatic carboxylic acids is 1. The van der Waals surface area contributed by atoms with Crippen LogP contribution in [0.5, 0.6) is 0 Å². The highest BCUT2D eigenvalue weighted by Crippen LogP contribution is 2.44. The summed E-state index contributed by atoms with van der Waals surface area (Å²) in [5, 5.41) is 12.1. The van der Waals surface area contributed by atoms with Gasteiger partial charge in [0.05, 0.1) is 0 Å². The fourth-order valence-electron chi connectivity index (χ4n) is 4.80. The van der Waals surface area contributed by atoms with Gasteiger partial charge in [0, 0.05) is 25.4 Å². The predicted molar refractivity (Wildman–Crippen MR) is 119 cm³/mol. The Labute approximate surface area is 187 Å². The highest BCUT2D eigenvalue weighted by molar-refractivity contribution is 5.87. The summed E-state index contributed by atoms with van der Waals surface area (Å²) in [6.07, 6.45) is 1.25. The number of fused-ring (bicyclic) bond motifs is 3. The molecule has 1 aliphatic carbocycles. The number of hydrogen-bond donors (Lipinski definition) is 2. The molecule has 0 bridgehead atoms. The summed E-state index contributed by atoms with van der Waals surface area (Å²) in [6, 6.07) is 16.3. The zero-order valence-corrected chi connectivity index (χ0v) is 18.2. The van der Waals surface area contributed by atoms with Crippen LogP contribution in [0, 0.1) is 0 Å². The van der Waals surface area contributed by atoms with Crippen molar-refractivity contribution >= 4 is 18.0 Å². The summed E-state index contributed by atoms with van der Waals surface area (Å²) in [7, 11) is 0. The van der Waals surface area contributed by atoms with Crippen molar-refractivity contribution in [2.45, 2.75) is 44.1 Å². The van der Waals surface area contributed by atoms with E-state index >= 15 is 0 Å². The van der Waals surface area contributed by atoms with Gasteiger partial charge in [0.2, 0.25) is 5.91 Å². The summed E-state index contributed by atoms with van der Waals surface area (Å²) in [6.45, 7) is 2.58. The van der Waals surface area contributed by atoms with Crippen LogP contribution >= 0.6 is 0 Å². The van der Waals surface area contributed by atoms with E-state index in [0.717, 1.165) is 11.1 Å². The maximum atomic E-state index is 12.5. The zero-order chi connectivity index (χ0) is 22.7. The van der Waals surface area contributed by atoms with Gasteiger partial charge < -0.3 is 20.1 Å². The highest BCUT2D eigenvalue weighted by atomic mass is 16.5. The van der Waals surface area contributed by atoms with E-state index in [-0.39, 0.29) is 24.9 Å². The van der Waals surface area contributed by atoms with Crippen molar-refractivity contribution < 1.29 is 24.2 Å². The number of ether oxygens (including phenoxy) is 1. The Morgan fingerprint density at radius 2 is 1.72 bits per heavy atom. The number of nitrogens with one attached hydrogen (secondary N) is 1. The lowest BCUT2D eigenvalue weighted by molar-refractivity contribution is -0.155. The fraction of sp³-hybridized carbons (Fsp3) is 0.400. The molecule has 2 aliphatic rings. The molecule has 32 heavy (non-hydrogen) atoms. The lowest BCUT2D eigenvalue weighted by atomic mass is 9.98. The SMILES string of the molecule is C[C@@]1(C(=O)O)CCCN1C(=O)CCCNC(=O)OCC1c2ccccc2-c2ccccc21. The Bertz CT molecular complexity index is 991. The van der Waals surface area contributed by atoms with Crippen LogP contribution < -0.4 is 5.32 Å². The maximum Gasteiger partial charge on any atom is 0.407 e. The van der Waals surface area contributed by atoms with Gasteiger partial charge in [-0.3, -0.25) is 4.79 Å². The Kier molecular flexibility index (Phi) is 6.17. The van der Waals surface area contributed by atoms with Crippen LogP contribution in [-0.2, 0) is 14.3 Å². The smallest absolute Gasteiger partial charge is 0.407 e. The molecule has 0 radical (unpaired) electrons. The Hall–Kier alpha value is -3.35. The normalized spacial score (nSPS) is 19.3. The average molecular weight is 437 g/mol. The largest absolute Gasteiger partial charge is 0.480 e. The molecule has 4 rings (SSSR count). The standard InChI is InChI=1S/C25H28N2O5/c1-25(23(29)30)13-7-15-27(25)22(28)12-6-14-26-24(31)32-16-21-19-10-4-2-8-17(19)18-9-3-5-11-20(18)21/h2-5,8-11,21H,6-7,12-16H2,1H3,(H,26,31)(H,29,30)/t25-/m0/s1. The van der Waals surface area contributed by atoms with Crippen molar-refractivity contribution in [2.75, 3.05) is 19.7 Å². The van der Waals surface area contributed by atoms with Gasteiger partial charge in [0.15, 0.2) is 0 Å². The molecule has 2 N–H and O–H groups in total. The van der Waals surface area contributed by atoms with E-state index in [0.29, 0.717) is 32.4 Å². The van der Waals surface area contributed by atoms with Crippen LogP contribution in [-0.4, -0.2) is 53.2 Å². The number of benzene rings is 2. The lowest BCUT2D eigenvalue weighted by Gasteiger charge is -2.31. The first kappa shape index (κ1) is 21.9. The molecule has 0 spiro atoms. The number of amides is 2. The van der Waals surface area contributed by atoms with Gasteiger partial charge in [-0.2, -0.15) is 0 Å². The van der Waals surface area contributed by atoms with Crippen molar-refractivity contribution in [1.29, 1.82) is 0 Å². The van der Waals surface area contributed by atoms with Gasteiger partial charge in [-0.05, 0) is 48.4 Å². The molecule has 0 saturated carbocycles. The summed E-state index contributed by atoms with van der Waals surface area (Å²) in [5.41, 5.74) is 3.52. The number of rotatable bonds is 7. The molecule has 0 aromatic heterocycles. The van der Waals surface area contributed by atoms with Crippen LogP contribution in [0.2, 0.25) is 0 Å². The van der Waals surface area contributed by atoms with E-state index in [1.165, 1.54) is 16.0 Å². The predicted octanol–water partition coefficient (Wildman–Crippen LogP) is 3.77. The minimum atomic E-state index is -1.13. The molecule has 2 aromatic carbocycles. The number of carbonyl (C=O) groups excluding carboxylic acids is 2. The van der Waals surface area contributed by atoms with Crippen LogP contribution in [0.3, 0.4) is 0 Å². The van der Waals surface area contributed by atoms with Crippen molar-refractivity contribution in [3.63, 3.8) is 0 Å². The first-order chi connectivity index (χ1) is 15.4. The van der Waals surface area contributed by atoms with Crippen molar-refractivity contribution in [2.24, 2.45) is 0 Å². The number of hydrogen-bond acceptors (Lipinski definition) is 4. The second-order valence-corrected chi connectivity index (χ2v) is 8.58. The third-order valence-electron chi connectivity index (χ3n) is 6.58. The molecule has 1 heterocycles. The van der Waals surface area contributed by atoms with Gasteiger partial charge in [-0.1, -0.05) is 48.5 Å². The minimum Gasteiger partial charge on any atom is -0.480 e. The average Bonchev–Trinajstić information content (AvgIpc) is 3.34. The highest BCUT2D eigenvalue weighted by Gasteiger charge is 2.45. The molecule has 168 valence electrons. The Balaban J connectivity index is 1.24. The molecule has 0 unspecified atom stereocenters. The third kappa shape index (κ3) is 4.07. The van der Waals surface area contributed by atoms with Crippen molar-refractivity contribution in [3.05, 3.63) is 59.7 Å². The van der Waals surface area contributed by atoms with Crippen LogP contribution in [0.1, 0.15) is 49.7 Å². The Morgan fingerprint density at radius 3 is 2.34 bits per heavy atom. The first-order valence-electron chi connectivity index (χ1n) is 11.0. The second kappa shape index (κ2) is 9.02. The van der Waals surface area contributed by atoms with Gasteiger partial charge in [0.25, 0.3) is 0 Å². The van der Waals surface area contributed by atoms with Crippen LogP contribution in [0.4, 0.5) is 4.79 Å². The van der Waals surface area contributed by atoms with E-state index in [1.807, 2.05) is 24.3 Å². The summed E-state index contributed by atoms with van der Waals surface area (Å²) >= 11 is 0. The van der Waals surface area contributed by atoms with Crippen molar-refractivity contribution in [3.8, 4) is 11.1 Å². The minimum absolute atomic E-state index is 0.00131. The monoisotopic (exact) mass is 436 g/mol. The van der Waals surface area contributed by atoms with E-state index in [1.54, 1.807) is 6.92 Å². The van der Waals surface area contributed by atoms with E-state index < -0.39 is 17.6 Å². The second-order valence-electron chi connectivity index (χ2n) is 8.58. The fourth-order valence-corrected chi connectivity index (χ4v) is 4.80. The summed E-state index contributed by atoms with van der Waals surface area (Å²) in [4.78, 5) is 37.6. The first-order valence-corrected chi connectivity index (χ1v) is 11.0. The summed E-state index contributed by atoms with van der Waals surface area (Å²) in [5.74, 6) is -1.17. The van der Waals surface area contributed by atoms with Gasteiger partial charge in [-0.15, -0.1) is 0 Å². The number of carboxylic acids is 1. The van der Waals surface area contributed by atoms with Crippen molar-refractivity contribution in [1.82, 2.24) is 10.2 Å². The molecule has 1 fully saturated rings. The number of alkyl carbamates (subject to hydrolysis) is 1. The molecule has 1 aliphatic heterocycles. The molecule has 1 atom stereocenters. The van der Waals surface area contributed by atoms with Gasteiger partial charge >= 0.3 is 12.1 Å². The molecule has 7 heteroatoms. The number of carbonyl (C=O) groups is 3. The van der Waals surface area contributed by atoms with E-state index in [4.69, 9.17) is 4.74 Å². The van der Waals surface area contributed by atoms with Crippen LogP contribution in [0.15, 0.2) is 48.5 Å². The number of nitrogens with zero attached hydrogens (tertiary/aromatic N) is 1. The molecule has 1 saturated heterocycles. The quantitative estimate of drug-likeness (QED) is 0.644. The maximum absolute atomic E-state index is 12.5. The van der Waals surface area contributed by atoms with E-state index in [9.17, 15) is 19.5 Å². The molecule has 2 aromatic rings. The van der Waals surface area contributed by atoms with Crippen LogP contribution in [0.25, 0.3) is 11.1 Å². The number of likely N-dealkylation sites (tertiary alicyclic amines) is 1. The molecular formula is C25H28N2O5.